The first-order valence-electron chi connectivity index (χ1n) is 6.67. The number of hydrogen-bond donors (Lipinski definition) is 1. The Balaban J connectivity index is 2.50. The van der Waals surface area contributed by atoms with E-state index >= 15 is 0 Å². The van der Waals surface area contributed by atoms with Gasteiger partial charge in [0.25, 0.3) is 0 Å². The number of rotatable bonds is 8. The van der Waals surface area contributed by atoms with Crippen LogP contribution < -0.4 is 5.32 Å². The topological polar surface area (TPSA) is 28.4 Å². The van der Waals surface area contributed by atoms with Gasteiger partial charge < -0.3 is 9.73 Å². The maximum absolute atomic E-state index is 5.42. The van der Waals surface area contributed by atoms with Crippen LogP contribution in [0, 0.1) is 0 Å². The molecule has 0 aliphatic rings. The normalized spacial score (nSPS) is 13.5. The van der Waals surface area contributed by atoms with Crippen molar-refractivity contribution in [2.45, 2.75) is 52.7 Å². The van der Waals surface area contributed by atoms with Crippen molar-refractivity contribution < 1.29 is 4.42 Å². The highest BCUT2D eigenvalue weighted by molar-refractivity contribution is 4.98. The van der Waals surface area contributed by atoms with E-state index in [1.54, 1.807) is 6.26 Å². The summed E-state index contributed by atoms with van der Waals surface area (Å²) in [5.74, 6) is 1.05. The fraction of sp³-hybridized carbons (Fsp3) is 0.714. The Morgan fingerprint density at radius 1 is 1.35 bits per heavy atom. The summed E-state index contributed by atoms with van der Waals surface area (Å²) in [6.07, 6.45) is 2.91. The SMILES string of the molecule is CCC(CNC(C)C)N(CC)Cc1ccco1. The minimum absolute atomic E-state index is 0.548. The molecule has 0 aliphatic heterocycles. The van der Waals surface area contributed by atoms with Crippen molar-refractivity contribution >= 4 is 0 Å². The van der Waals surface area contributed by atoms with E-state index in [2.05, 4.69) is 37.9 Å². The number of nitrogens with zero attached hydrogens (tertiary/aromatic N) is 1. The van der Waals surface area contributed by atoms with E-state index in [0.29, 0.717) is 12.1 Å². The van der Waals surface area contributed by atoms with Crippen LogP contribution in [0.5, 0.6) is 0 Å². The molecule has 1 N–H and O–H groups in total. The van der Waals surface area contributed by atoms with Gasteiger partial charge in [-0.2, -0.15) is 0 Å². The van der Waals surface area contributed by atoms with Crippen molar-refractivity contribution in [1.29, 1.82) is 0 Å². The summed E-state index contributed by atoms with van der Waals surface area (Å²) in [4.78, 5) is 2.47. The minimum Gasteiger partial charge on any atom is -0.468 e. The summed E-state index contributed by atoms with van der Waals surface area (Å²) >= 11 is 0. The van der Waals surface area contributed by atoms with E-state index in [-0.39, 0.29) is 0 Å². The number of furan rings is 1. The molecular formula is C14H26N2O. The lowest BCUT2D eigenvalue weighted by Crippen LogP contribution is -2.43. The van der Waals surface area contributed by atoms with Crippen LogP contribution in [0.3, 0.4) is 0 Å². The molecule has 98 valence electrons. The lowest BCUT2D eigenvalue weighted by Gasteiger charge is -2.30. The van der Waals surface area contributed by atoms with Gasteiger partial charge in [-0.3, -0.25) is 4.90 Å². The van der Waals surface area contributed by atoms with E-state index in [4.69, 9.17) is 4.42 Å². The third-order valence-corrected chi connectivity index (χ3v) is 3.09. The average Bonchev–Trinajstić information content (AvgIpc) is 2.80. The second-order valence-corrected chi connectivity index (χ2v) is 4.77. The van der Waals surface area contributed by atoms with Gasteiger partial charge in [-0.1, -0.05) is 27.7 Å². The van der Waals surface area contributed by atoms with Crippen molar-refractivity contribution in [3.8, 4) is 0 Å². The van der Waals surface area contributed by atoms with Crippen molar-refractivity contribution in [2.75, 3.05) is 13.1 Å². The van der Waals surface area contributed by atoms with Crippen LogP contribution >= 0.6 is 0 Å². The molecule has 17 heavy (non-hydrogen) atoms. The zero-order valence-electron chi connectivity index (χ0n) is 11.6. The molecule has 1 atom stereocenters. The molecule has 0 aromatic carbocycles. The van der Waals surface area contributed by atoms with Gasteiger partial charge in [-0.15, -0.1) is 0 Å². The monoisotopic (exact) mass is 238 g/mol. The first kappa shape index (κ1) is 14.3. The number of nitrogens with one attached hydrogen (secondary N) is 1. The van der Waals surface area contributed by atoms with Crippen molar-refractivity contribution in [3.05, 3.63) is 24.2 Å². The van der Waals surface area contributed by atoms with Crippen molar-refractivity contribution in [2.24, 2.45) is 0 Å². The summed E-state index contributed by atoms with van der Waals surface area (Å²) in [6.45, 7) is 11.8. The van der Waals surface area contributed by atoms with Crippen LogP contribution in [0.15, 0.2) is 22.8 Å². The van der Waals surface area contributed by atoms with Gasteiger partial charge in [-0.25, -0.2) is 0 Å². The summed E-state index contributed by atoms with van der Waals surface area (Å²) in [7, 11) is 0. The molecule has 1 heterocycles. The lowest BCUT2D eigenvalue weighted by atomic mass is 10.1. The van der Waals surface area contributed by atoms with Crippen LogP contribution in [0.2, 0.25) is 0 Å². The van der Waals surface area contributed by atoms with Crippen LogP contribution in [0.1, 0.15) is 39.9 Å². The third kappa shape index (κ3) is 4.92. The average molecular weight is 238 g/mol. The van der Waals surface area contributed by atoms with Crippen LogP contribution in [-0.2, 0) is 6.54 Å². The van der Waals surface area contributed by atoms with E-state index in [9.17, 15) is 0 Å². The van der Waals surface area contributed by atoms with Gasteiger partial charge in [0, 0.05) is 18.6 Å². The van der Waals surface area contributed by atoms with Gasteiger partial charge in [0.2, 0.25) is 0 Å². The van der Waals surface area contributed by atoms with Gasteiger partial charge in [0.05, 0.1) is 12.8 Å². The lowest BCUT2D eigenvalue weighted by molar-refractivity contribution is 0.172. The van der Waals surface area contributed by atoms with Crippen LogP contribution in [-0.4, -0.2) is 30.1 Å². The highest BCUT2D eigenvalue weighted by atomic mass is 16.3. The molecule has 0 amide bonds. The maximum atomic E-state index is 5.42. The van der Waals surface area contributed by atoms with Gasteiger partial charge in [0.15, 0.2) is 0 Å². The minimum atomic E-state index is 0.548. The Labute approximate surface area is 105 Å². The highest BCUT2D eigenvalue weighted by Gasteiger charge is 2.16. The molecule has 0 saturated carbocycles. The second-order valence-electron chi connectivity index (χ2n) is 4.77. The second kappa shape index (κ2) is 7.51. The molecule has 0 aliphatic carbocycles. The number of likely N-dealkylation sites (N-methyl/N-ethyl adjacent to an activating group) is 1. The summed E-state index contributed by atoms with van der Waals surface area (Å²) in [5.41, 5.74) is 0. The van der Waals surface area contributed by atoms with E-state index in [1.165, 1.54) is 0 Å². The fourth-order valence-corrected chi connectivity index (χ4v) is 2.01. The van der Waals surface area contributed by atoms with E-state index in [1.807, 2.05) is 12.1 Å². The molecule has 1 aromatic heterocycles. The smallest absolute Gasteiger partial charge is 0.117 e. The third-order valence-electron chi connectivity index (χ3n) is 3.09. The molecule has 1 aromatic rings. The molecule has 1 unspecified atom stereocenters. The van der Waals surface area contributed by atoms with Gasteiger partial charge >= 0.3 is 0 Å². The van der Waals surface area contributed by atoms with Crippen molar-refractivity contribution in [3.63, 3.8) is 0 Å². The molecule has 0 spiro atoms. The molecular weight excluding hydrogens is 212 g/mol. The Kier molecular flexibility index (Phi) is 6.30. The predicted molar refractivity (Wildman–Crippen MR) is 72.0 cm³/mol. The number of hydrogen-bond acceptors (Lipinski definition) is 3. The zero-order valence-corrected chi connectivity index (χ0v) is 11.6. The molecule has 0 saturated heterocycles. The molecule has 3 nitrogen and oxygen atoms in total. The molecule has 0 radical (unpaired) electrons. The van der Waals surface area contributed by atoms with Crippen LogP contribution in [0.25, 0.3) is 0 Å². The Morgan fingerprint density at radius 2 is 2.12 bits per heavy atom. The summed E-state index contributed by atoms with van der Waals surface area (Å²) in [5, 5.41) is 3.52. The van der Waals surface area contributed by atoms with Crippen molar-refractivity contribution in [1.82, 2.24) is 10.2 Å². The summed E-state index contributed by atoms with van der Waals surface area (Å²) < 4.78 is 5.42. The van der Waals surface area contributed by atoms with Crippen LogP contribution in [0.4, 0.5) is 0 Å². The fourth-order valence-electron chi connectivity index (χ4n) is 2.01. The Hall–Kier alpha value is -0.800. The zero-order chi connectivity index (χ0) is 12.7. The van der Waals surface area contributed by atoms with E-state index < -0.39 is 0 Å². The van der Waals surface area contributed by atoms with E-state index in [0.717, 1.165) is 31.8 Å². The summed E-state index contributed by atoms with van der Waals surface area (Å²) in [6, 6.07) is 5.13. The largest absolute Gasteiger partial charge is 0.468 e. The highest BCUT2D eigenvalue weighted by Crippen LogP contribution is 2.10. The maximum Gasteiger partial charge on any atom is 0.117 e. The Bertz CT molecular complexity index is 282. The quantitative estimate of drug-likeness (QED) is 0.755. The standard InChI is InChI=1S/C14H26N2O/c1-5-13(10-15-12(3)4)16(6-2)11-14-8-7-9-17-14/h7-9,12-13,15H,5-6,10-11H2,1-4H3. The first-order valence-corrected chi connectivity index (χ1v) is 6.67. The first-order chi connectivity index (χ1) is 8.17. The molecule has 3 heteroatoms. The predicted octanol–water partition coefficient (Wildman–Crippen LogP) is 2.88. The van der Waals surface area contributed by atoms with Gasteiger partial charge in [-0.05, 0) is 25.1 Å². The molecule has 0 fully saturated rings. The Morgan fingerprint density at radius 3 is 2.59 bits per heavy atom. The molecule has 0 bridgehead atoms. The molecule has 1 rings (SSSR count). The van der Waals surface area contributed by atoms with Gasteiger partial charge in [0.1, 0.15) is 5.76 Å².